The summed E-state index contributed by atoms with van der Waals surface area (Å²) in [5.41, 5.74) is 5.58. The topological polar surface area (TPSA) is 67.6 Å². The number of carbonyl (C=O) groups excluding carboxylic acids is 1. The molecule has 94 valence electrons. The predicted octanol–water partition coefficient (Wildman–Crippen LogP) is -0.438. The van der Waals surface area contributed by atoms with E-state index in [1.54, 1.807) is 7.11 Å². The Morgan fingerprint density at radius 3 is 2.81 bits per heavy atom. The highest BCUT2D eigenvalue weighted by Crippen LogP contribution is 2.06. The van der Waals surface area contributed by atoms with Crippen molar-refractivity contribution in [1.82, 2.24) is 10.2 Å². The molecule has 5 heteroatoms. The molecule has 0 radical (unpaired) electrons. The van der Waals surface area contributed by atoms with Crippen molar-refractivity contribution in [1.29, 1.82) is 0 Å². The Balaban J connectivity index is 1.99. The first kappa shape index (κ1) is 13.4. The number of nitrogens with one attached hydrogen (secondary N) is 1. The average Bonchev–Trinajstić information content (AvgIpc) is 2.77. The first-order valence-electron chi connectivity index (χ1n) is 5.98. The van der Waals surface area contributed by atoms with Crippen LogP contribution in [0, 0.1) is 0 Å². The Morgan fingerprint density at radius 1 is 1.50 bits per heavy atom. The highest BCUT2D eigenvalue weighted by atomic mass is 16.5. The van der Waals surface area contributed by atoms with Crippen LogP contribution in [-0.4, -0.2) is 56.7 Å². The van der Waals surface area contributed by atoms with Crippen LogP contribution in [-0.2, 0) is 9.53 Å². The van der Waals surface area contributed by atoms with E-state index >= 15 is 0 Å². The molecule has 0 bridgehead atoms. The van der Waals surface area contributed by atoms with Crippen molar-refractivity contribution in [2.45, 2.75) is 25.3 Å². The SMILES string of the molecule is COCC(N)C(=O)NCCCN1CCCC1. The lowest BCUT2D eigenvalue weighted by Crippen LogP contribution is -2.44. The second-order valence-corrected chi connectivity index (χ2v) is 4.26. The number of ether oxygens (including phenoxy) is 1. The van der Waals surface area contributed by atoms with Crippen LogP contribution in [0.15, 0.2) is 0 Å². The van der Waals surface area contributed by atoms with Crippen LogP contribution < -0.4 is 11.1 Å². The number of nitrogens with two attached hydrogens (primary N) is 1. The average molecular weight is 229 g/mol. The molecular formula is C11H23N3O2. The quantitative estimate of drug-likeness (QED) is 0.581. The molecule has 0 saturated carbocycles. The second-order valence-electron chi connectivity index (χ2n) is 4.26. The number of carbonyl (C=O) groups is 1. The van der Waals surface area contributed by atoms with Crippen LogP contribution in [0.2, 0.25) is 0 Å². The molecule has 1 aliphatic heterocycles. The van der Waals surface area contributed by atoms with Gasteiger partial charge in [-0.2, -0.15) is 0 Å². The van der Waals surface area contributed by atoms with Gasteiger partial charge in [-0.25, -0.2) is 0 Å². The smallest absolute Gasteiger partial charge is 0.239 e. The molecule has 1 amide bonds. The minimum Gasteiger partial charge on any atom is -0.383 e. The largest absolute Gasteiger partial charge is 0.383 e. The zero-order valence-corrected chi connectivity index (χ0v) is 10.1. The summed E-state index contributed by atoms with van der Waals surface area (Å²) in [6.07, 6.45) is 3.61. The number of rotatable bonds is 7. The van der Waals surface area contributed by atoms with Gasteiger partial charge in [-0.15, -0.1) is 0 Å². The number of hydrogen-bond donors (Lipinski definition) is 2. The number of amides is 1. The third-order valence-electron chi connectivity index (χ3n) is 2.83. The van der Waals surface area contributed by atoms with E-state index in [1.807, 2.05) is 0 Å². The first-order chi connectivity index (χ1) is 7.74. The van der Waals surface area contributed by atoms with Crippen LogP contribution in [0.4, 0.5) is 0 Å². The van der Waals surface area contributed by atoms with E-state index in [2.05, 4.69) is 10.2 Å². The van der Waals surface area contributed by atoms with Gasteiger partial charge >= 0.3 is 0 Å². The summed E-state index contributed by atoms with van der Waals surface area (Å²) in [6.45, 7) is 4.46. The second kappa shape index (κ2) is 7.60. The van der Waals surface area contributed by atoms with Gasteiger partial charge in [0.15, 0.2) is 0 Å². The maximum atomic E-state index is 11.4. The van der Waals surface area contributed by atoms with Gasteiger partial charge in [0.25, 0.3) is 0 Å². The number of nitrogens with zero attached hydrogens (tertiary/aromatic N) is 1. The molecule has 16 heavy (non-hydrogen) atoms. The predicted molar refractivity (Wildman–Crippen MR) is 63.2 cm³/mol. The van der Waals surface area contributed by atoms with E-state index in [0.717, 1.165) is 13.0 Å². The van der Waals surface area contributed by atoms with Gasteiger partial charge in [0.1, 0.15) is 6.04 Å². The maximum Gasteiger partial charge on any atom is 0.239 e. The normalized spacial score (nSPS) is 18.6. The molecular weight excluding hydrogens is 206 g/mol. The van der Waals surface area contributed by atoms with Crippen molar-refractivity contribution in [3.8, 4) is 0 Å². The lowest BCUT2D eigenvalue weighted by molar-refractivity contribution is -0.123. The molecule has 1 rings (SSSR count). The Bertz CT molecular complexity index is 205. The lowest BCUT2D eigenvalue weighted by Gasteiger charge is -2.15. The maximum absolute atomic E-state index is 11.4. The van der Waals surface area contributed by atoms with Crippen LogP contribution in [0.3, 0.4) is 0 Å². The minimum absolute atomic E-state index is 0.122. The van der Waals surface area contributed by atoms with Crippen LogP contribution in [0.1, 0.15) is 19.3 Å². The summed E-state index contributed by atoms with van der Waals surface area (Å²) >= 11 is 0. The first-order valence-corrected chi connectivity index (χ1v) is 5.98. The van der Waals surface area contributed by atoms with Crippen LogP contribution in [0.5, 0.6) is 0 Å². The summed E-state index contributed by atoms with van der Waals surface area (Å²) in [6, 6.07) is -0.545. The molecule has 0 spiro atoms. The van der Waals surface area contributed by atoms with Gasteiger partial charge in [0.2, 0.25) is 5.91 Å². The van der Waals surface area contributed by atoms with Gasteiger partial charge < -0.3 is 20.7 Å². The standard InChI is InChI=1S/C11H23N3O2/c1-16-9-10(12)11(15)13-5-4-8-14-6-2-3-7-14/h10H,2-9,12H2,1H3,(H,13,15). The molecule has 1 unspecified atom stereocenters. The lowest BCUT2D eigenvalue weighted by atomic mass is 10.3. The van der Waals surface area contributed by atoms with Crippen molar-refractivity contribution in [2.75, 3.05) is 39.9 Å². The van der Waals surface area contributed by atoms with Crippen LogP contribution >= 0.6 is 0 Å². The van der Waals surface area contributed by atoms with E-state index in [4.69, 9.17) is 10.5 Å². The van der Waals surface area contributed by atoms with Crippen molar-refractivity contribution in [3.05, 3.63) is 0 Å². The van der Waals surface area contributed by atoms with E-state index in [1.165, 1.54) is 25.9 Å². The zero-order chi connectivity index (χ0) is 11.8. The third kappa shape index (κ3) is 4.92. The highest BCUT2D eigenvalue weighted by molar-refractivity contribution is 5.81. The van der Waals surface area contributed by atoms with Gasteiger partial charge in [0, 0.05) is 13.7 Å². The van der Waals surface area contributed by atoms with E-state index in [0.29, 0.717) is 6.54 Å². The zero-order valence-electron chi connectivity index (χ0n) is 10.1. The van der Waals surface area contributed by atoms with E-state index in [9.17, 15) is 4.79 Å². The fourth-order valence-corrected chi connectivity index (χ4v) is 1.91. The molecule has 1 atom stereocenters. The monoisotopic (exact) mass is 229 g/mol. The Morgan fingerprint density at radius 2 is 2.19 bits per heavy atom. The van der Waals surface area contributed by atoms with Gasteiger partial charge in [-0.1, -0.05) is 0 Å². The van der Waals surface area contributed by atoms with E-state index < -0.39 is 6.04 Å². The van der Waals surface area contributed by atoms with Crippen LogP contribution in [0.25, 0.3) is 0 Å². The van der Waals surface area contributed by atoms with Gasteiger partial charge in [-0.05, 0) is 38.9 Å². The summed E-state index contributed by atoms with van der Waals surface area (Å²) in [7, 11) is 1.54. The summed E-state index contributed by atoms with van der Waals surface area (Å²) in [5.74, 6) is -0.122. The molecule has 0 aromatic heterocycles. The fraction of sp³-hybridized carbons (Fsp3) is 0.909. The van der Waals surface area contributed by atoms with Gasteiger partial charge in [-0.3, -0.25) is 4.79 Å². The molecule has 3 N–H and O–H groups in total. The summed E-state index contributed by atoms with van der Waals surface area (Å²) in [5, 5.41) is 2.82. The number of likely N-dealkylation sites (tertiary alicyclic amines) is 1. The Kier molecular flexibility index (Phi) is 6.37. The van der Waals surface area contributed by atoms with Gasteiger partial charge in [0.05, 0.1) is 6.61 Å². The fourth-order valence-electron chi connectivity index (χ4n) is 1.91. The molecule has 1 fully saturated rings. The molecule has 0 aromatic carbocycles. The van der Waals surface area contributed by atoms with Crippen molar-refractivity contribution >= 4 is 5.91 Å². The summed E-state index contributed by atoms with van der Waals surface area (Å²) < 4.78 is 4.82. The van der Waals surface area contributed by atoms with E-state index in [-0.39, 0.29) is 12.5 Å². The van der Waals surface area contributed by atoms with Crippen molar-refractivity contribution in [2.24, 2.45) is 5.73 Å². The highest BCUT2D eigenvalue weighted by Gasteiger charge is 2.13. The van der Waals surface area contributed by atoms with Crippen molar-refractivity contribution < 1.29 is 9.53 Å². The molecule has 0 aliphatic carbocycles. The minimum atomic E-state index is -0.545. The molecule has 1 saturated heterocycles. The molecule has 5 nitrogen and oxygen atoms in total. The summed E-state index contributed by atoms with van der Waals surface area (Å²) in [4.78, 5) is 13.8. The molecule has 1 aliphatic rings. The third-order valence-corrected chi connectivity index (χ3v) is 2.83. The Hall–Kier alpha value is -0.650. The molecule has 1 heterocycles. The number of methoxy groups -OCH3 is 1. The molecule has 0 aromatic rings. The van der Waals surface area contributed by atoms with Crippen molar-refractivity contribution in [3.63, 3.8) is 0 Å². The number of hydrogen-bond acceptors (Lipinski definition) is 4. The Labute approximate surface area is 97.3 Å².